The lowest BCUT2D eigenvalue weighted by atomic mass is 10.1. The highest BCUT2D eigenvalue weighted by atomic mass is 35.5. The molecule has 1 saturated heterocycles. The predicted molar refractivity (Wildman–Crippen MR) is 108 cm³/mol. The summed E-state index contributed by atoms with van der Waals surface area (Å²) in [5.74, 6) is 0.0505. The smallest absolute Gasteiger partial charge is 0.238 e. The van der Waals surface area contributed by atoms with Crippen LogP contribution < -0.4 is 5.32 Å². The van der Waals surface area contributed by atoms with Crippen LogP contribution in [0.15, 0.2) is 42.5 Å². The number of hydrogen-bond donors (Lipinski definition) is 1. The van der Waals surface area contributed by atoms with Gasteiger partial charge in [0.25, 0.3) is 0 Å². The zero-order valence-corrected chi connectivity index (χ0v) is 16.2. The molecule has 1 fully saturated rings. The van der Waals surface area contributed by atoms with Gasteiger partial charge in [-0.1, -0.05) is 35.9 Å². The molecule has 0 unspecified atom stereocenters. The molecule has 1 aliphatic heterocycles. The molecule has 0 saturated carbocycles. The summed E-state index contributed by atoms with van der Waals surface area (Å²) in [5.41, 5.74) is 4.36. The Kier molecular flexibility index (Phi) is 6.30. The van der Waals surface area contributed by atoms with Crippen molar-refractivity contribution in [3.05, 3.63) is 64.2 Å². The zero-order valence-electron chi connectivity index (χ0n) is 15.5. The number of piperazine rings is 1. The highest BCUT2D eigenvalue weighted by molar-refractivity contribution is 6.31. The molecule has 26 heavy (non-hydrogen) atoms. The number of aryl methyl sites for hydroxylation is 2. The van der Waals surface area contributed by atoms with Crippen molar-refractivity contribution >= 4 is 23.2 Å². The molecule has 4 nitrogen and oxygen atoms in total. The lowest BCUT2D eigenvalue weighted by Crippen LogP contribution is -2.48. The summed E-state index contributed by atoms with van der Waals surface area (Å²) >= 11 is 6.25. The Bertz CT molecular complexity index is 749. The van der Waals surface area contributed by atoms with Crippen LogP contribution in [0.1, 0.15) is 16.7 Å². The topological polar surface area (TPSA) is 35.6 Å². The van der Waals surface area contributed by atoms with E-state index in [2.05, 4.69) is 27.2 Å². The summed E-state index contributed by atoms with van der Waals surface area (Å²) in [6.07, 6.45) is 0. The molecule has 2 aromatic rings. The second kappa shape index (κ2) is 8.67. The van der Waals surface area contributed by atoms with E-state index >= 15 is 0 Å². The molecule has 0 bridgehead atoms. The minimum absolute atomic E-state index is 0.0505. The van der Waals surface area contributed by atoms with Gasteiger partial charge in [0.15, 0.2) is 0 Å². The first kappa shape index (κ1) is 18.9. The maximum atomic E-state index is 12.3. The zero-order chi connectivity index (χ0) is 18.5. The fourth-order valence-corrected chi connectivity index (χ4v) is 3.62. The summed E-state index contributed by atoms with van der Waals surface area (Å²) in [7, 11) is 0. The molecule has 2 aromatic carbocycles. The minimum atomic E-state index is 0.0505. The summed E-state index contributed by atoms with van der Waals surface area (Å²) in [6, 6.07) is 14.1. The number of benzene rings is 2. The number of nitrogens with one attached hydrogen (secondary N) is 1. The van der Waals surface area contributed by atoms with Crippen molar-refractivity contribution in [2.45, 2.75) is 20.4 Å². The van der Waals surface area contributed by atoms with E-state index in [0.29, 0.717) is 6.54 Å². The van der Waals surface area contributed by atoms with Gasteiger partial charge in [-0.05, 0) is 48.7 Å². The number of halogens is 1. The largest absolute Gasteiger partial charge is 0.325 e. The van der Waals surface area contributed by atoms with Gasteiger partial charge >= 0.3 is 0 Å². The van der Waals surface area contributed by atoms with Crippen LogP contribution in [-0.2, 0) is 11.3 Å². The molecule has 0 aromatic heterocycles. The Morgan fingerprint density at radius 2 is 1.62 bits per heavy atom. The number of anilines is 1. The van der Waals surface area contributed by atoms with E-state index in [-0.39, 0.29) is 5.91 Å². The number of nitrogens with zero attached hydrogens (tertiary/aromatic N) is 2. The third-order valence-electron chi connectivity index (χ3n) is 4.69. The van der Waals surface area contributed by atoms with Crippen LogP contribution in [0, 0.1) is 13.8 Å². The van der Waals surface area contributed by atoms with Crippen molar-refractivity contribution in [2.24, 2.45) is 0 Å². The van der Waals surface area contributed by atoms with Crippen LogP contribution in [0.2, 0.25) is 5.02 Å². The normalized spacial score (nSPS) is 15.8. The van der Waals surface area contributed by atoms with Gasteiger partial charge in [-0.2, -0.15) is 0 Å². The van der Waals surface area contributed by atoms with Gasteiger partial charge in [0.1, 0.15) is 0 Å². The van der Waals surface area contributed by atoms with Crippen molar-refractivity contribution in [1.29, 1.82) is 0 Å². The maximum Gasteiger partial charge on any atom is 0.238 e. The molecule has 0 aliphatic carbocycles. The monoisotopic (exact) mass is 371 g/mol. The highest BCUT2D eigenvalue weighted by Gasteiger charge is 2.19. The van der Waals surface area contributed by atoms with E-state index < -0.39 is 0 Å². The summed E-state index contributed by atoms with van der Waals surface area (Å²) < 4.78 is 0. The molecule has 0 radical (unpaired) electrons. The number of rotatable bonds is 5. The molecule has 0 spiro atoms. The van der Waals surface area contributed by atoms with E-state index in [1.165, 1.54) is 0 Å². The lowest BCUT2D eigenvalue weighted by molar-refractivity contribution is -0.117. The lowest BCUT2D eigenvalue weighted by Gasteiger charge is -2.34. The number of hydrogen-bond acceptors (Lipinski definition) is 3. The quantitative estimate of drug-likeness (QED) is 0.870. The molecule has 1 heterocycles. The number of amides is 1. The van der Waals surface area contributed by atoms with E-state index in [0.717, 1.165) is 60.1 Å². The standard InChI is InChI=1S/C21H26ClN3O/c1-16-11-17(2)13-19(12-16)23-21(26)15-25-9-7-24(8-10-25)14-18-5-3-4-6-20(18)22/h3-6,11-13H,7-10,14-15H2,1-2H3,(H,23,26). The van der Waals surface area contributed by atoms with Crippen LogP contribution in [0.5, 0.6) is 0 Å². The average molecular weight is 372 g/mol. The first-order chi connectivity index (χ1) is 12.5. The molecular formula is C21H26ClN3O. The Balaban J connectivity index is 1.46. The van der Waals surface area contributed by atoms with Crippen LogP contribution in [0.3, 0.4) is 0 Å². The van der Waals surface area contributed by atoms with Crippen molar-refractivity contribution in [3.8, 4) is 0 Å². The molecule has 3 rings (SSSR count). The first-order valence-corrected chi connectivity index (χ1v) is 9.43. The minimum Gasteiger partial charge on any atom is -0.325 e. The van der Waals surface area contributed by atoms with Gasteiger partial charge in [0.2, 0.25) is 5.91 Å². The molecule has 0 atom stereocenters. The number of carbonyl (C=O) groups is 1. The van der Waals surface area contributed by atoms with Gasteiger partial charge in [0, 0.05) is 43.4 Å². The van der Waals surface area contributed by atoms with E-state index in [1.54, 1.807) is 0 Å². The summed E-state index contributed by atoms with van der Waals surface area (Å²) in [5, 5.41) is 3.84. The Morgan fingerprint density at radius 3 is 2.27 bits per heavy atom. The molecule has 5 heteroatoms. The third-order valence-corrected chi connectivity index (χ3v) is 5.06. The van der Waals surface area contributed by atoms with Gasteiger partial charge < -0.3 is 5.32 Å². The number of carbonyl (C=O) groups excluding carboxylic acids is 1. The van der Waals surface area contributed by atoms with Crippen LogP contribution >= 0.6 is 11.6 Å². The van der Waals surface area contributed by atoms with E-state index in [9.17, 15) is 4.79 Å². The molecule has 138 valence electrons. The first-order valence-electron chi connectivity index (χ1n) is 9.06. The van der Waals surface area contributed by atoms with Crippen molar-refractivity contribution in [3.63, 3.8) is 0 Å². The van der Waals surface area contributed by atoms with Crippen molar-refractivity contribution in [1.82, 2.24) is 9.80 Å². The van der Waals surface area contributed by atoms with Crippen LogP contribution in [0.4, 0.5) is 5.69 Å². The van der Waals surface area contributed by atoms with E-state index in [1.807, 2.05) is 44.2 Å². The predicted octanol–water partition coefficient (Wildman–Crippen LogP) is 3.71. The highest BCUT2D eigenvalue weighted by Crippen LogP contribution is 2.18. The molecule has 1 amide bonds. The maximum absolute atomic E-state index is 12.3. The molecule has 1 aliphatic rings. The fourth-order valence-electron chi connectivity index (χ4n) is 3.42. The van der Waals surface area contributed by atoms with Gasteiger partial charge in [0.05, 0.1) is 6.54 Å². The second-order valence-electron chi connectivity index (χ2n) is 7.07. The van der Waals surface area contributed by atoms with Gasteiger partial charge in [-0.3, -0.25) is 14.6 Å². The third kappa shape index (κ3) is 5.31. The average Bonchev–Trinajstić information content (AvgIpc) is 2.57. The molecular weight excluding hydrogens is 346 g/mol. The van der Waals surface area contributed by atoms with Gasteiger partial charge in [-0.25, -0.2) is 0 Å². The second-order valence-corrected chi connectivity index (χ2v) is 7.48. The Hall–Kier alpha value is -1.88. The molecule has 1 N–H and O–H groups in total. The van der Waals surface area contributed by atoms with Crippen molar-refractivity contribution in [2.75, 3.05) is 38.0 Å². The van der Waals surface area contributed by atoms with Crippen LogP contribution in [0.25, 0.3) is 0 Å². The van der Waals surface area contributed by atoms with E-state index in [4.69, 9.17) is 11.6 Å². The van der Waals surface area contributed by atoms with Crippen molar-refractivity contribution < 1.29 is 4.79 Å². The SMILES string of the molecule is Cc1cc(C)cc(NC(=O)CN2CCN(Cc3ccccc3Cl)CC2)c1. The Labute approximate surface area is 160 Å². The van der Waals surface area contributed by atoms with Gasteiger partial charge in [-0.15, -0.1) is 0 Å². The summed E-state index contributed by atoms with van der Waals surface area (Å²) in [6.45, 7) is 9.07. The fraction of sp³-hybridized carbons (Fsp3) is 0.381. The Morgan fingerprint density at radius 1 is 1.00 bits per heavy atom. The summed E-state index contributed by atoms with van der Waals surface area (Å²) in [4.78, 5) is 16.9. The van der Waals surface area contributed by atoms with Crippen LogP contribution in [-0.4, -0.2) is 48.4 Å².